The number of allylic oxidation sites excluding steroid dienone is 1. The zero-order valence-corrected chi connectivity index (χ0v) is 11.2. The van der Waals surface area contributed by atoms with E-state index in [0.717, 1.165) is 23.3 Å². The summed E-state index contributed by atoms with van der Waals surface area (Å²) < 4.78 is 10.6. The fourth-order valence-electron chi connectivity index (χ4n) is 1.41. The summed E-state index contributed by atoms with van der Waals surface area (Å²) in [6.07, 6.45) is 2.68. The van der Waals surface area contributed by atoms with Crippen LogP contribution in [0.1, 0.15) is 25.8 Å². The summed E-state index contributed by atoms with van der Waals surface area (Å²) in [6, 6.07) is 7.79. The van der Waals surface area contributed by atoms with Crippen LogP contribution in [0.2, 0.25) is 0 Å². The van der Waals surface area contributed by atoms with Crippen LogP contribution in [-0.4, -0.2) is 19.5 Å². The van der Waals surface area contributed by atoms with Gasteiger partial charge in [0, 0.05) is 0 Å². The molecule has 0 atom stereocenters. The quantitative estimate of drug-likeness (QED) is 0.549. The minimum absolute atomic E-state index is 0.116. The van der Waals surface area contributed by atoms with Crippen molar-refractivity contribution in [3.63, 3.8) is 0 Å². The van der Waals surface area contributed by atoms with Crippen molar-refractivity contribution in [1.29, 1.82) is 0 Å². The molecule has 3 nitrogen and oxygen atoms in total. The molecule has 0 aliphatic carbocycles. The molecular formula is C15H20O3. The van der Waals surface area contributed by atoms with Gasteiger partial charge in [0.1, 0.15) is 5.75 Å². The first-order valence-corrected chi connectivity index (χ1v) is 6.02. The van der Waals surface area contributed by atoms with Gasteiger partial charge in [-0.25, -0.2) is 0 Å². The third-order valence-electron chi connectivity index (χ3n) is 2.70. The largest absolute Gasteiger partial charge is 0.497 e. The molecular weight excluding hydrogens is 228 g/mol. The molecule has 0 radical (unpaired) electrons. The van der Waals surface area contributed by atoms with Crippen molar-refractivity contribution in [2.24, 2.45) is 0 Å². The molecule has 0 N–H and O–H groups in total. The number of carbonyl (C=O) groups excluding carboxylic acids is 1. The van der Waals surface area contributed by atoms with E-state index in [1.807, 2.05) is 37.3 Å². The second kappa shape index (κ2) is 7.67. The summed E-state index contributed by atoms with van der Waals surface area (Å²) >= 11 is 0. The van der Waals surface area contributed by atoms with Crippen molar-refractivity contribution in [2.75, 3.05) is 13.7 Å². The zero-order valence-electron chi connectivity index (χ0n) is 11.2. The smallest absolute Gasteiger partial charge is 0.155 e. The molecule has 0 spiro atoms. The zero-order chi connectivity index (χ0) is 13.4. The van der Waals surface area contributed by atoms with Crippen molar-refractivity contribution < 1.29 is 14.3 Å². The van der Waals surface area contributed by atoms with Crippen LogP contribution in [0.15, 0.2) is 35.9 Å². The van der Waals surface area contributed by atoms with Crippen LogP contribution in [0.4, 0.5) is 0 Å². The summed E-state index contributed by atoms with van der Waals surface area (Å²) in [4.78, 5) is 11.0. The van der Waals surface area contributed by atoms with Gasteiger partial charge in [0.15, 0.2) is 5.78 Å². The van der Waals surface area contributed by atoms with Gasteiger partial charge in [0.05, 0.1) is 20.3 Å². The lowest BCUT2D eigenvalue weighted by Gasteiger charge is -2.04. The highest BCUT2D eigenvalue weighted by atomic mass is 16.5. The Labute approximate surface area is 108 Å². The summed E-state index contributed by atoms with van der Waals surface area (Å²) in [5.74, 6) is 0.962. The molecule has 1 rings (SSSR count). The van der Waals surface area contributed by atoms with Crippen LogP contribution >= 0.6 is 0 Å². The Morgan fingerprint density at radius 3 is 2.44 bits per heavy atom. The van der Waals surface area contributed by atoms with E-state index in [-0.39, 0.29) is 5.78 Å². The molecule has 0 heterocycles. The van der Waals surface area contributed by atoms with Crippen molar-refractivity contribution in [3.8, 4) is 5.75 Å². The molecule has 0 saturated heterocycles. The number of hydrogen-bond donors (Lipinski definition) is 0. The van der Waals surface area contributed by atoms with Gasteiger partial charge in [-0.15, -0.1) is 0 Å². The van der Waals surface area contributed by atoms with Crippen LogP contribution < -0.4 is 4.74 Å². The summed E-state index contributed by atoms with van der Waals surface area (Å²) in [7, 11) is 1.65. The van der Waals surface area contributed by atoms with E-state index in [4.69, 9.17) is 9.47 Å². The molecule has 18 heavy (non-hydrogen) atoms. The summed E-state index contributed by atoms with van der Waals surface area (Å²) in [5.41, 5.74) is 1.91. The van der Waals surface area contributed by atoms with Gasteiger partial charge in [0.2, 0.25) is 0 Å². The number of ether oxygens (including phenoxy) is 2. The number of Topliss-reactive ketones (excluding diaryl/α,β-unsaturated/α-hetero) is 1. The van der Waals surface area contributed by atoms with E-state index in [9.17, 15) is 4.79 Å². The molecule has 0 fully saturated rings. The van der Waals surface area contributed by atoms with Crippen molar-refractivity contribution in [3.05, 3.63) is 41.5 Å². The maximum atomic E-state index is 11.0. The average molecular weight is 248 g/mol. The Kier molecular flexibility index (Phi) is 6.15. The highest BCUT2D eigenvalue weighted by Crippen LogP contribution is 2.12. The van der Waals surface area contributed by atoms with Crippen LogP contribution in [-0.2, 0) is 16.1 Å². The molecule has 0 aromatic heterocycles. The summed E-state index contributed by atoms with van der Waals surface area (Å²) in [6.45, 7) is 4.60. The number of carbonyl (C=O) groups is 1. The van der Waals surface area contributed by atoms with Gasteiger partial charge in [-0.05, 0) is 43.5 Å². The van der Waals surface area contributed by atoms with Gasteiger partial charge < -0.3 is 9.47 Å². The topological polar surface area (TPSA) is 35.5 Å². The molecule has 1 aromatic rings. The molecule has 1 aromatic carbocycles. The second-order valence-electron chi connectivity index (χ2n) is 4.13. The highest BCUT2D eigenvalue weighted by molar-refractivity contribution is 5.92. The molecule has 0 saturated carbocycles. The monoisotopic (exact) mass is 248 g/mol. The normalized spacial score (nSPS) is 11.4. The van der Waals surface area contributed by atoms with Gasteiger partial charge in [-0.3, -0.25) is 4.79 Å². The van der Waals surface area contributed by atoms with E-state index in [2.05, 4.69) is 0 Å². The number of ketones is 1. The Bertz CT molecular complexity index is 404. The van der Waals surface area contributed by atoms with Crippen molar-refractivity contribution in [2.45, 2.75) is 26.9 Å². The first-order chi connectivity index (χ1) is 8.63. The van der Waals surface area contributed by atoms with E-state index in [1.54, 1.807) is 14.0 Å². The lowest BCUT2D eigenvalue weighted by Crippen LogP contribution is -1.96. The molecule has 98 valence electrons. The second-order valence-corrected chi connectivity index (χ2v) is 4.13. The first-order valence-electron chi connectivity index (χ1n) is 6.02. The van der Waals surface area contributed by atoms with E-state index < -0.39 is 0 Å². The number of benzene rings is 1. The molecule has 0 aliphatic rings. The predicted octanol–water partition coefficient (Wildman–Crippen LogP) is 3.14. The minimum atomic E-state index is 0.116. The SMILES string of the molecule is COc1ccc(COCC/C=C(\C)C(C)=O)cc1. The van der Waals surface area contributed by atoms with E-state index >= 15 is 0 Å². The van der Waals surface area contributed by atoms with Crippen LogP contribution in [0.25, 0.3) is 0 Å². The molecule has 0 unspecified atom stereocenters. The number of rotatable bonds is 7. The Morgan fingerprint density at radius 2 is 1.89 bits per heavy atom. The minimum Gasteiger partial charge on any atom is -0.497 e. The van der Waals surface area contributed by atoms with Gasteiger partial charge in [-0.2, -0.15) is 0 Å². The maximum absolute atomic E-state index is 11.0. The van der Waals surface area contributed by atoms with Crippen molar-refractivity contribution >= 4 is 5.78 Å². The third kappa shape index (κ3) is 5.15. The summed E-state index contributed by atoms with van der Waals surface area (Å²) in [5, 5.41) is 0. The third-order valence-corrected chi connectivity index (χ3v) is 2.70. The standard InChI is InChI=1S/C15H20O3/c1-12(13(2)16)5-4-10-18-11-14-6-8-15(17-3)9-7-14/h5-9H,4,10-11H2,1-3H3/b12-5+. The fraction of sp³-hybridized carbons (Fsp3) is 0.400. The van der Waals surface area contributed by atoms with Crippen molar-refractivity contribution in [1.82, 2.24) is 0 Å². The maximum Gasteiger partial charge on any atom is 0.155 e. The predicted molar refractivity (Wildman–Crippen MR) is 71.7 cm³/mol. The molecule has 0 bridgehead atoms. The van der Waals surface area contributed by atoms with Crippen LogP contribution in [0.3, 0.4) is 0 Å². The van der Waals surface area contributed by atoms with Gasteiger partial charge in [-0.1, -0.05) is 18.2 Å². The van der Waals surface area contributed by atoms with E-state index in [1.165, 1.54) is 0 Å². The van der Waals surface area contributed by atoms with Gasteiger partial charge >= 0.3 is 0 Å². The molecule has 3 heteroatoms. The Hall–Kier alpha value is -1.61. The lowest BCUT2D eigenvalue weighted by atomic mass is 10.2. The Balaban J connectivity index is 2.25. The number of hydrogen-bond acceptors (Lipinski definition) is 3. The molecule has 0 amide bonds. The lowest BCUT2D eigenvalue weighted by molar-refractivity contribution is -0.113. The van der Waals surface area contributed by atoms with Crippen LogP contribution in [0, 0.1) is 0 Å². The Morgan fingerprint density at radius 1 is 1.22 bits per heavy atom. The first kappa shape index (κ1) is 14.5. The van der Waals surface area contributed by atoms with Crippen LogP contribution in [0.5, 0.6) is 5.75 Å². The van der Waals surface area contributed by atoms with E-state index in [0.29, 0.717) is 13.2 Å². The highest BCUT2D eigenvalue weighted by Gasteiger charge is 1.96. The average Bonchev–Trinajstić information content (AvgIpc) is 2.38. The number of methoxy groups -OCH3 is 1. The van der Waals surface area contributed by atoms with Gasteiger partial charge in [0.25, 0.3) is 0 Å². The fourth-order valence-corrected chi connectivity index (χ4v) is 1.41. The molecule has 0 aliphatic heterocycles.